The van der Waals surface area contributed by atoms with Crippen LogP contribution in [-0.2, 0) is 9.13 Å². The molecule has 3 atom stereocenters. The summed E-state index contributed by atoms with van der Waals surface area (Å²) in [6, 6.07) is 0. The molecule has 1 saturated heterocycles. The van der Waals surface area contributed by atoms with Crippen LogP contribution in [0.3, 0.4) is 0 Å². The summed E-state index contributed by atoms with van der Waals surface area (Å²) in [5, 5.41) is 1.47. The Morgan fingerprint density at radius 3 is 2.76 bits per heavy atom. The van der Waals surface area contributed by atoms with Gasteiger partial charge < -0.3 is 20.0 Å². The summed E-state index contributed by atoms with van der Waals surface area (Å²) >= 11 is 0. The lowest BCUT2D eigenvalue weighted by Gasteiger charge is -2.23. The van der Waals surface area contributed by atoms with E-state index in [-0.39, 0.29) is 12.5 Å². The van der Waals surface area contributed by atoms with Crippen LogP contribution in [0.15, 0.2) is 4.99 Å². The first kappa shape index (κ1) is 14.9. The largest absolute Gasteiger partial charge is 0.374 e. The number of amidine groups is 1. The van der Waals surface area contributed by atoms with Crippen molar-refractivity contribution in [3.63, 3.8) is 0 Å². The van der Waals surface area contributed by atoms with Crippen molar-refractivity contribution in [3.8, 4) is 0 Å². The quantitative estimate of drug-likeness (QED) is 0.554. The van der Waals surface area contributed by atoms with E-state index in [1.54, 1.807) is 0 Å². The van der Waals surface area contributed by atoms with E-state index in [1.807, 2.05) is 6.92 Å². The van der Waals surface area contributed by atoms with Crippen molar-refractivity contribution in [2.75, 3.05) is 13.1 Å². The highest BCUT2D eigenvalue weighted by Gasteiger charge is 2.33. The molecule has 0 amide bonds. The molecule has 9 heteroatoms. The van der Waals surface area contributed by atoms with Gasteiger partial charge in [-0.1, -0.05) is 6.92 Å². The summed E-state index contributed by atoms with van der Waals surface area (Å²) in [4.78, 5) is 30.8. The minimum atomic E-state index is -4.57. The van der Waals surface area contributed by atoms with Gasteiger partial charge in [-0.15, -0.1) is 0 Å². The van der Waals surface area contributed by atoms with Crippen LogP contribution in [-0.4, -0.2) is 39.0 Å². The molecule has 0 aliphatic carbocycles. The number of rotatable bonds is 4. The zero-order valence-electron chi connectivity index (χ0n) is 9.54. The Morgan fingerprint density at radius 1 is 1.65 bits per heavy atom. The molecule has 0 saturated carbocycles. The minimum absolute atomic E-state index is 0.196. The molecule has 1 aliphatic heterocycles. The predicted molar refractivity (Wildman–Crippen MR) is 65.8 cm³/mol. The van der Waals surface area contributed by atoms with Crippen LogP contribution in [0.25, 0.3) is 0 Å². The third kappa shape index (κ3) is 4.53. The lowest BCUT2D eigenvalue weighted by Crippen LogP contribution is -2.36. The van der Waals surface area contributed by atoms with Gasteiger partial charge in [0.2, 0.25) is 8.03 Å². The van der Waals surface area contributed by atoms with Gasteiger partial charge in [0.1, 0.15) is 0 Å². The van der Waals surface area contributed by atoms with Gasteiger partial charge in [0.15, 0.2) is 5.40 Å². The second kappa shape index (κ2) is 6.12. The fourth-order valence-corrected chi connectivity index (χ4v) is 3.35. The van der Waals surface area contributed by atoms with E-state index in [0.717, 1.165) is 19.4 Å². The first-order valence-corrected chi connectivity index (χ1v) is 8.50. The first-order valence-electron chi connectivity index (χ1n) is 5.38. The molecule has 3 unspecified atom stereocenters. The van der Waals surface area contributed by atoms with Gasteiger partial charge in [-0.25, -0.2) is 0 Å². The second-order valence-corrected chi connectivity index (χ2v) is 7.80. The molecular formula is C8H18N2O5P2. The number of nitrogens with zero attached hydrogens (tertiary/aromatic N) is 1. The summed E-state index contributed by atoms with van der Waals surface area (Å²) in [6.45, 7) is 2.42. The maximum absolute atomic E-state index is 11.0. The average Bonchev–Trinajstić information content (AvgIpc) is 2.18. The summed E-state index contributed by atoms with van der Waals surface area (Å²) in [5.74, 6) is 0.861. The molecule has 0 radical (unpaired) electrons. The maximum Gasteiger partial charge on any atom is 0.339 e. The Bertz CT molecular complexity index is 367. The normalized spacial score (nSPS) is 27.5. The third-order valence-electron chi connectivity index (χ3n) is 2.71. The molecule has 0 spiro atoms. The van der Waals surface area contributed by atoms with Gasteiger partial charge in [-0.05, 0) is 12.8 Å². The summed E-state index contributed by atoms with van der Waals surface area (Å²) in [6.07, 6.45) is 1.99. The zero-order valence-corrected chi connectivity index (χ0v) is 11.4. The van der Waals surface area contributed by atoms with E-state index in [9.17, 15) is 9.13 Å². The Labute approximate surface area is 100 Å². The average molecular weight is 284 g/mol. The molecule has 0 aromatic heterocycles. The maximum atomic E-state index is 11.0. The van der Waals surface area contributed by atoms with Crippen molar-refractivity contribution in [1.82, 2.24) is 5.32 Å². The van der Waals surface area contributed by atoms with Crippen LogP contribution in [0.2, 0.25) is 0 Å². The van der Waals surface area contributed by atoms with E-state index in [1.165, 1.54) is 0 Å². The smallest absolute Gasteiger partial charge is 0.339 e. The highest BCUT2D eigenvalue weighted by molar-refractivity contribution is 7.65. The van der Waals surface area contributed by atoms with Crippen molar-refractivity contribution in [2.24, 2.45) is 10.9 Å². The van der Waals surface area contributed by atoms with Crippen LogP contribution < -0.4 is 5.32 Å². The molecule has 1 aliphatic rings. The molecule has 0 bridgehead atoms. The van der Waals surface area contributed by atoms with Crippen molar-refractivity contribution in [1.29, 1.82) is 0 Å². The molecule has 1 heterocycles. The number of aliphatic imine (C=N–C) groups is 1. The Morgan fingerprint density at radius 2 is 2.29 bits per heavy atom. The van der Waals surface area contributed by atoms with Crippen LogP contribution in [0.1, 0.15) is 19.8 Å². The zero-order chi connectivity index (χ0) is 13.1. The van der Waals surface area contributed by atoms with Gasteiger partial charge in [0, 0.05) is 12.5 Å². The Kier molecular flexibility index (Phi) is 5.35. The van der Waals surface area contributed by atoms with Gasteiger partial charge in [-0.2, -0.15) is 0 Å². The van der Waals surface area contributed by atoms with Crippen molar-refractivity contribution >= 4 is 21.5 Å². The van der Waals surface area contributed by atoms with Crippen LogP contribution in [0, 0.1) is 5.92 Å². The van der Waals surface area contributed by atoms with Crippen LogP contribution in [0.5, 0.6) is 0 Å². The molecule has 0 aromatic rings. The van der Waals surface area contributed by atoms with E-state index in [4.69, 9.17) is 14.7 Å². The monoisotopic (exact) mass is 284 g/mol. The second-order valence-electron chi connectivity index (χ2n) is 4.14. The molecule has 0 aromatic carbocycles. The number of hydrogen-bond acceptors (Lipinski definition) is 3. The number of hydrogen-bond donors (Lipinski definition) is 4. The predicted octanol–water partition coefficient (Wildman–Crippen LogP) is 0.375. The van der Waals surface area contributed by atoms with Crippen molar-refractivity contribution in [2.45, 2.75) is 25.2 Å². The third-order valence-corrected chi connectivity index (χ3v) is 6.11. The summed E-state index contributed by atoms with van der Waals surface area (Å²) in [5.41, 5.74) is 0. The highest BCUT2D eigenvalue weighted by atomic mass is 31.2. The van der Waals surface area contributed by atoms with Crippen LogP contribution >= 0.6 is 15.6 Å². The standard InChI is InChI=1S/C8H18N2O5P2/c1-6-3-2-4-9-8(6)10-5-7(16(11)12)17(13,14)15/h6-7,16H,2-5H2,1H3,(H,9,10)(H,11,12)(H2,13,14,15). The molecule has 1 rings (SSSR count). The van der Waals surface area contributed by atoms with Gasteiger partial charge in [-0.3, -0.25) is 14.1 Å². The molecule has 17 heavy (non-hydrogen) atoms. The van der Waals surface area contributed by atoms with Crippen molar-refractivity contribution in [3.05, 3.63) is 0 Å². The Hall–Kier alpha value is -0.190. The number of nitrogens with one attached hydrogen (secondary N) is 1. The van der Waals surface area contributed by atoms with Gasteiger partial charge in [0.25, 0.3) is 0 Å². The lowest BCUT2D eigenvalue weighted by atomic mass is 10.0. The lowest BCUT2D eigenvalue weighted by molar-refractivity contribution is 0.365. The summed E-state index contributed by atoms with van der Waals surface area (Å²) < 4.78 is 21.9. The van der Waals surface area contributed by atoms with Gasteiger partial charge in [0.05, 0.1) is 12.4 Å². The van der Waals surface area contributed by atoms with Gasteiger partial charge >= 0.3 is 7.60 Å². The first-order chi connectivity index (χ1) is 7.82. The van der Waals surface area contributed by atoms with Crippen molar-refractivity contribution < 1.29 is 23.8 Å². The van der Waals surface area contributed by atoms with E-state index in [2.05, 4.69) is 10.3 Å². The minimum Gasteiger partial charge on any atom is -0.374 e. The summed E-state index contributed by atoms with van der Waals surface area (Å²) in [7, 11) is -7.87. The number of piperidine rings is 1. The topological polar surface area (TPSA) is 119 Å². The fourth-order valence-electron chi connectivity index (χ4n) is 1.66. The van der Waals surface area contributed by atoms with E-state index < -0.39 is 21.0 Å². The van der Waals surface area contributed by atoms with E-state index >= 15 is 0 Å². The highest BCUT2D eigenvalue weighted by Crippen LogP contribution is 2.51. The van der Waals surface area contributed by atoms with Crippen LogP contribution in [0.4, 0.5) is 0 Å². The molecule has 7 nitrogen and oxygen atoms in total. The SMILES string of the molecule is CC1CCCNC1=NCC([PH](=O)O)P(=O)(O)O. The molecular weight excluding hydrogens is 266 g/mol. The fraction of sp³-hybridized carbons (Fsp3) is 0.875. The molecule has 100 valence electrons. The Balaban J connectivity index is 2.72. The molecule has 4 N–H and O–H groups in total. The van der Waals surface area contributed by atoms with E-state index in [0.29, 0.717) is 5.84 Å². The molecule has 1 fully saturated rings.